The van der Waals surface area contributed by atoms with Crippen molar-refractivity contribution in [3.8, 4) is 5.75 Å². The second-order valence-corrected chi connectivity index (χ2v) is 5.30. The van der Waals surface area contributed by atoms with E-state index < -0.39 is 0 Å². The predicted octanol–water partition coefficient (Wildman–Crippen LogP) is 2.47. The Balaban J connectivity index is 2.78. The molecule has 17 heavy (non-hydrogen) atoms. The molecular weight excluding hydrogens is 218 g/mol. The third-order valence-corrected chi connectivity index (χ3v) is 2.27. The molecule has 0 aliphatic rings. The first kappa shape index (κ1) is 13.6. The topological polar surface area (TPSA) is 59.4 Å². The Morgan fingerprint density at radius 3 is 2.65 bits per heavy atom. The van der Waals surface area contributed by atoms with Gasteiger partial charge in [0.2, 0.25) is 0 Å². The monoisotopic (exact) mass is 237 g/mol. The quantitative estimate of drug-likeness (QED) is 0.817. The average molecular weight is 237 g/mol. The van der Waals surface area contributed by atoms with E-state index in [1.807, 2.05) is 0 Å². The van der Waals surface area contributed by atoms with E-state index in [1.54, 1.807) is 13.1 Å². The van der Waals surface area contributed by atoms with Crippen molar-refractivity contribution in [2.24, 2.45) is 5.41 Å². The normalized spacial score (nSPS) is 11.5. The minimum Gasteiger partial charge on any atom is -0.505 e. The lowest BCUT2D eigenvalue weighted by molar-refractivity contribution is 0.0592. The maximum absolute atomic E-state index is 10.9. The summed E-state index contributed by atoms with van der Waals surface area (Å²) < 4.78 is 5.51. The lowest BCUT2D eigenvalue weighted by Gasteiger charge is -2.18. The van der Waals surface area contributed by atoms with Crippen molar-refractivity contribution < 1.29 is 14.6 Å². The molecule has 0 fully saturated rings. The molecule has 1 N–H and O–H groups in total. The summed E-state index contributed by atoms with van der Waals surface area (Å²) in [6.45, 7) is 8.73. The molecule has 1 heterocycles. The number of carbonyl (C=O) groups excluding carboxylic acids is 1. The Hall–Kier alpha value is -1.42. The second-order valence-electron chi connectivity index (χ2n) is 5.30. The van der Waals surface area contributed by atoms with Crippen molar-refractivity contribution in [2.75, 3.05) is 6.61 Å². The zero-order valence-electron chi connectivity index (χ0n) is 10.8. The van der Waals surface area contributed by atoms with Gasteiger partial charge in [0.25, 0.3) is 0 Å². The van der Waals surface area contributed by atoms with Gasteiger partial charge in [0.05, 0.1) is 24.5 Å². The van der Waals surface area contributed by atoms with Crippen molar-refractivity contribution in [3.05, 3.63) is 23.0 Å². The molecule has 0 saturated heterocycles. The maximum Gasteiger partial charge on any atom is 0.154 e. The van der Waals surface area contributed by atoms with Crippen LogP contribution in [0, 0.1) is 12.3 Å². The van der Waals surface area contributed by atoms with E-state index in [2.05, 4.69) is 25.8 Å². The minimum atomic E-state index is -0.0585. The summed E-state index contributed by atoms with van der Waals surface area (Å²) in [5, 5.41) is 9.69. The third kappa shape index (κ3) is 3.82. The van der Waals surface area contributed by atoms with E-state index >= 15 is 0 Å². The number of hydrogen-bond acceptors (Lipinski definition) is 4. The van der Waals surface area contributed by atoms with Crippen molar-refractivity contribution in [1.82, 2.24) is 4.98 Å². The Morgan fingerprint density at radius 2 is 2.12 bits per heavy atom. The summed E-state index contributed by atoms with van der Waals surface area (Å²) in [5.74, 6) is -0.0585. The van der Waals surface area contributed by atoms with Gasteiger partial charge in [0, 0.05) is 11.8 Å². The van der Waals surface area contributed by atoms with Gasteiger partial charge in [-0.1, -0.05) is 20.8 Å². The van der Waals surface area contributed by atoms with E-state index in [0.29, 0.717) is 24.2 Å². The average Bonchev–Trinajstić information content (AvgIpc) is 2.22. The lowest BCUT2D eigenvalue weighted by atomic mass is 9.99. The zero-order valence-corrected chi connectivity index (χ0v) is 10.8. The summed E-state index contributed by atoms with van der Waals surface area (Å²) in [5.41, 5.74) is 1.41. The standard InChI is InChI=1S/C13H19NO3/c1-9-12(16)11(6-15)10(5-14-9)7-17-8-13(2,3)4/h5-6,16H,7-8H2,1-4H3. The number of rotatable bonds is 4. The molecule has 1 rings (SSSR count). The van der Waals surface area contributed by atoms with Gasteiger partial charge >= 0.3 is 0 Å². The number of carbonyl (C=O) groups is 1. The van der Waals surface area contributed by atoms with Crippen LogP contribution in [0.25, 0.3) is 0 Å². The van der Waals surface area contributed by atoms with Gasteiger partial charge in [-0.2, -0.15) is 0 Å². The number of pyridine rings is 1. The van der Waals surface area contributed by atoms with Gasteiger partial charge in [-0.3, -0.25) is 9.78 Å². The Labute approximate surface area is 102 Å². The SMILES string of the molecule is Cc1ncc(COCC(C)(C)C)c(C=O)c1O. The van der Waals surface area contributed by atoms with Crippen molar-refractivity contribution in [1.29, 1.82) is 0 Å². The number of hydrogen-bond donors (Lipinski definition) is 1. The van der Waals surface area contributed by atoms with Crippen molar-refractivity contribution in [2.45, 2.75) is 34.3 Å². The van der Waals surface area contributed by atoms with Crippen LogP contribution in [0.1, 0.15) is 42.4 Å². The summed E-state index contributed by atoms with van der Waals surface area (Å²) in [6.07, 6.45) is 2.21. The Morgan fingerprint density at radius 1 is 1.47 bits per heavy atom. The highest BCUT2D eigenvalue weighted by atomic mass is 16.5. The van der Waals surface area contributed by atoms with Crippen LogP contribution in [0.4, 0.5) is 0 Å². The summed E-state index contributed by atoms with van der Waals surface area (Å²) in [4.78, 5) is 14.9. The van der Waals surface area contributed by atoms with E-state index in [1.165, 1.54) is 0 Å². The van der Waals surface area contributed by atoms with Gasteiger partial charge in [-0.15, -0.1) is 0 Å². The molecule has 0 saturated carbocycles. The largest absolute Gasteiger partial charge is 0.505 e. The fourth-order valence-corrected chi connectivity index (χ4v) is 1.37. The number of aryl methyl sites for hydroxylation is 1. The summed E-state index contributed by atoms with van der Waals surface area (Å²) in [7, 11) is 0. The molecular formula is C13H19NO3. The molecule has 4 heteroatoms. The smallest absolute Gasteiger partial charge is 0.154 e. The van der Waals surface area contributed by atoms with Crippen LogP contribution in [0.15, 0.2) is 6.20 Å². The van der Waals surface area contributed by atoms with Crippen LogP contribution in [-0.4, -0.2) is 23.0 Å². The fraction of sp³-hybridized carbons (Fsp3) is 0.538. The van der Waals surface area contributed by atoms with Gasteiger partial charge in [0.15, 0.2) is 6.29 Å². The van der Waals surface area contributed by atoms with Crippen LogP contribution in [0.5, 0.6) is 5.75 Å². The van der Waals surface area contributed by atoms with E-state index in [4.69, 9.17) is 4.74 Å². The fourth-order valence-electron chi connectivity index (χ4n) is 1.37. The third-order valence-electron chi connectivity index (χ3n) is 2.27. The molecule has 0 aliphatic carbocycles. The summed E-state index contributed by atoms with van der Waals surface area (Å²) >= 11 is 0. The molecule has 0 aliphatic heterocycles. The van der Waals surface area contributed by atoms with Crippen LogP contribution in [0.3, 0.4) is 0 Å². The number of aldehydes is 1. The number of aromatic nitrogens is 1. The highest BCUT2D eigenvalue weighted by Gasteiger charge is 2.13. The molecule has 0 unspecified atom stereocenters. The Kier molecular flexibility index (Phi) is 4.23. The van der Waals surface area contributed by atoms with Crippen LogP contribution >= 0.6 is 0 Å². The van der Waals surface area contributed by atoms with Crippen molar-refractivity contribution in [3.63, 3.8) is 0 Å². The first-order valence-electron chi connectivity index (χ1n) is 5.55. The number of aromatic hydroxyl groups is 1. The second kappa shape index (κ2) is 5.27. The molecule has 1 aromatic heterocycles. The number of nitrogens with zero attached hydrogens (tertiary/aromatic N) is 1. The molecule has 0 aromatic carbocycles. The summed E-state index contributed by atoms with van der Waals surface area (Å²) in [6, 6.07) is 0. The maximum atomic E-state index is 10.9. The first-order chi connectivity index (χ1) is 7.85. The van der Waals surface area contributed by atoms with Gasteiger partial charge in [-0.25, -0.2) is 0 Å². The van der Waals surface area contributed by atoms with Crippen LogP contribution < -0.4 is 0 Å². The first-order valence-corrected chi connectivity index (χ1v) is 5.55. The van der Waals surface area contributed by atoms with Gasteiger partial charge in [-0.05, 0) is 12.3 Å². The highest BCUT2D eigenvalue weighted by Crippen LogP contribution is 2.23. The molecule has 0 amide bonds. The predicted molar refractivity (Wildman–Crippen MR) is 65.1 cm³/mol. The van der Waals surface area contributed by atoms with Crippen LogP contribution in [0.2, 0.25) is 0 Å². The molecule has 94 valence electrons. The van der Waals surface area contributed by atoms with E-state index in [0.717, 1.165) is 0 Å². The number of ether oxygens (including phenoxy) is 1. The molecule has 0 atom stereocenters. The zero-order chi connectivity index (χ0) is 13.1. The van der Waals surface area contributed by atoms with Gasteiger partial charge in [0.1, 0.15) is 5.75 Å². The molecule has 4 nitrogen and oxygen atoms in total. The van der Waals surface area contributed by atoms with Gasteiger partial charge < -0.3 is 9.84 Å². The van der Waals surface area contributed by atoms with E-state index in [-0.39, 0.29) is 23.3 Å². The highest BCUT2D eigenvalue weighted by molar-refractivity contribution is 5.81. The Bertz CT molecular complexity index is 408. The lowest BCUT2D eigenvalue weighted by Crippen LogP contribution is -2.15. The molecule has 1 aromatic rings. The molecule has 0 spiro atoms. The molecule has 0 bridgehead atoms. The van der Waals surface area contributed by atoms with E-state index in [9.17, 15) is 9.90 Å². The van der Waals surface area contributed by atoms with Crippen molar-refractivity contribution >= 4 is 6.29 Å². The molecule has 0 radical (unpaired) electrons. The minimum absolute atomic E-state index is 0.0585. The van der Waals surface area contributed by atoms with Crippen LogP contribution in [-0.2, 0) is 11.3 Å².